The van der Waals surface area contributed by atoms with E-state index in [0.717, 1.165) is 6.20 Å². The highest BCUT2D eigenvalue weighted by atomic mass is 35.5. The molecule has 0 N–H and O–H groups in total. The van der Waals surface area contributed by atoms with Crippen LogP contribution in [0, 0.1) is 10.1 Å². The number of halogens is 1. The molecule has 0 bridgehead atoms. The van der Waals surface area contributed by atoms with Crippen molar-refractivity contribution in [2.24, 2.45) is 0 Å². The molecular formula is C7H7ClN2O2. The topological polar surface area (TPSA) is 56.0 Å². The lowest BCUT2D eigenvalue weighted by Gasteiger charge is -1.88. The van der Waals surface area contributed by atoms with E-state index in [-0.39, 0.29) is 10.7 Å². The average molecular weight is 187 g/mol. The molecule has 64 valence electrons. The molecule has 1 heterocycles. The summed E-state index contributed by atoms with van der Waals surface area (Å²) in [5.41, 5.74) is -0.0903. The summed E-state index contributed by atoms with van der Waals surface area (Å²) in [6.07, 6.45) is 2.49. The van der Waals surface area contributed by atoms with Gasteiger partial charge >= 0.3 is 0 Å². The van der Waals surface area contributed by atoms with E-state index in [0.29, 0.717) is 0 Å². The molecule has 0 aliphatic carbocycles. The van der Waals surface area contributed by atoms with E-state index in [1.54, 1.807) is 0 Å². The van der Waals surface area contributed by atoms with Gasteiger partial charge in [0, 0.05) is 12.3 Å². The molecule has 0 amide bonds. The Kier molecular flexibility index (Phi) is 4.64. The number of hydrogen-bond acceptors (Lipinski definition) is 3. The maximum absolute atomic E-state index is 10.1. The zero-order chi connectivity index (χ0) is 9.56. The number of hydrogen-bond donors (Lipinski definition) is 0. The summed E-state index contributed by atoms with van der Waals surface area (Å²) in [5, 5.41) is 10.3. The van der Waals surface area contributed by atoms with Crippen molar-refractivity contribution < 1.29 is 4.92 Å². The summed E-state index contributed by atoms with van der Waals surface area (Å²) in [5.74, 6) is 0. The van der Waals surface area contributed by atoms with E-state index >= 15 is 0 Å². The van der Waals surface area contributed by atoms with Crippen molar-refractivity contribution in [2.45, 2.75) is 0 Å². The van der Waals surface area contributed by atoms with Crippen LogP contribution in [0.15, 0.2) is 31.6 Å². The minimum Gasteiger partial charge on any atom is -0.258 e. The summed E-state index contributed by atoms with van der Waals surface area (Å²) >= 11 is 5.42. The van der Waals surface area contributed by atoms with E-state index in [4.69, 9.17) is 11.6 Å². The van der Waals surface area contributed by atoms with E-state index < -0.39 is 4.92 Å². The monoisotopic (exact) mass is 186 g/mol. The summed E-state index contributed by atoms with van der Waals surface area (Å²) in [7, 11) is 0. The highest BCUT2D eigenvalue weighted by molar-refractivity contribution is 6.30. The summed E-state index contributed by atoms with van der Waals surface area (Å²) in [6, 6.07) is 1.24. The van der Waals surface area contributed by atoms with Gasteiger partial charge in [0.25, 0.3) is 5.69 Å². The minimum atomic E-state index is -0.543. The smallest absolute Gasteiger partial charge is 0.258 e. The lowest BCUT2D eigenvalue weighted by Crippen LogP contribution is -1.87. The van der Waals surface area contributed by atoms with Crippen LogP contribution in [0.4, 0.5) is 5.69 Å². The molecule has 0 saturated heterocycles. The molecule has 1 aromatic heterocycles. The Balaban J connectivity index is 0.000000561. The predicted molar refractivity (Wildman–Crippen MR) is 47.2 cm³/mol. The Morgan fingerprint density at radius 3 is 2.42 bits per heavy atom. The minimum absolute atomic E-state index is 0.0903. The normalized spacial score (nSPS) is 8.08. The van der Waals surface area contributed by atoms with Crippen molar-refractivity contribution in [3.05, 3.63) is 46.8 Å². The second-order valence-corrected chi connectivity index (χ2v) is 2.05. The Labute approximate surface area is 74.7 Å². The molecule has 1 rings (SSSR count). The van der Waals surface area contributed by atoms with Crippen molar-refractivity contribution in [3.63, 3.8) is 0 Å². The maximum atomic E-state index is 10.1. The number of rotatable bonds is 1. The average Bonchev–Trinajstić information content (AvgIpc) is 2.08. The number of pyridine rings is 1. The van der Waals surface area contributed by atoms with Gasteiger partial charge in [-0.2, -0.15) is 0 Å². The van der Waals surface area contributed by atoms with E-state index in [2.05, 4.69) is 18.1 Å². The highest BCUT2D eigenvalue weighted by Gasteiger charge is 2.03. The van der Waals surface area contributed by atoms with Crippen LogP contribution in [0.3, 0.4) is 0 Å². The molecule has 1 aromatic rings. The summed E-state index contributed by atoms with van der Waals surface area (Å²) in [4.78, 5) is 13.0. The fourth-order valence-electron chi connectivity index (χ4n) is 0.500. The molecule has 0 aliphatic rings. The molecule has 0 spiro atoms. The first-order valence-electron chi connectivity index (χ1n) is 2.95. The molecule has 0 fully saturated rings. The first kappa shape index (κ1) is 10.6. The quantitative estimate of drug-likeness (QED) is 0.385. The largest absolute Gasteiger partial charge is 0.289 e. The van der Waals surface area contributed by atoms with Crippen LogP contribution in [0.2, 0.25) is 5.02 Å². The van der Waals surface area contributed by atoms with Crippen LogP contribution in [-0.4, -0.2) is 9.91 Å². The van der Waals surface area contributed by atoms with E-state index in [1.807, 2.05) is 0 Å². The SMILES string of the molecule is C=C.O=[N+]([O-])c1cncc(Cl)c1. The molecule has 0 saturated carbocycles. The fraction of sp³-hybridized carbons (Fsp3) is 0. The van der Waals surface area contributed by atoms with Gasteiger partial charge in [-0.1, -0.05) is 11.6 Å². The summed E-state index contributed by atoms with van der Waals surface area (Å²) < 4.78 is 0. The number of nitro groups is 1. The molecular weight excluding hydrogens is 180 g/mol. The first-order valence-corrected chi connectivity index (χ1v) is 3.33. The van der Waals surface area contributed by atoms with Gasteiger partial charge in [0.05, 0.1) is 9.95 Å². The van der Waals surface area contributed by atoms with E-state index in [9.17, 15) is 10.1 Å². The molecule has 5 heteroatoms. The van der Waals surface area contributed by atoms with Gasteiger partial charge in [0.1, 0.15) is 6.20 Å². The standard InChI is InChI=1S/C5H3ClN2O2.C2H4/c6-4-1-5(8(9)10)3-7-2-4;1-2/h1-3H;1-2H2. The molecule has 0 atom stereocenters. The van der Waals surface area contributed by atoms with E-state index in [1.165, 1.54) is 12.3 Å². The summed E-state index contributed by atoms with van der Waals surface area (Å²) in [6.45, 7) is 6.00. The Bertz CT molecular complexity index is 278. The highest BCUT2D eigenvalue weighted by Crippen LogP contribution is 2.14. The second-order valence-electron chi connectivity index (χ2n) is 1.62. The molecule has 0 radical (unpaired) electrons. The van der Waals surface area contributed by atoms with Crippen LogP contribution in [0.1, 0.15) is 0 Å². The third kappa shape index (κ3) is 3.12. The molecule has 0 aliphatic heterocycles. The van der Waals surface area contributed by atoms with Crippen LogP contribution in [0.25, 0.3) is 0 Å². The van der Waals surface area contributed by atoms with Gasteiger partial charge in [0.2, 0.25) is 0 Å². The fourth-order valence-corrected chi connectivity index (χ4v) is 0.669. The second kappa shape index (κ2) is 5.26. The first-order chi connectivity index (χ1) is 5.70. The molecule has 12 heavy (non-hydrogen) atoms. The van der Waals surface area contributed by atoms with Crippen molar-refractivity contribution in [1.82, 2.24) is 4.98 Å². The van der Waals surface area contributed by atoms with Crippen molar-refractivity contribution in [2.75, 3.05) is 0 Å². The Hall–Kier alpha value is -1.42. The molecule has 0 unspecified atom stereocenters. The van der Waals surface area contributed by atoms with Gasteiger partial charge in [-0.05, 0) is 0 Å². The van der Waals surface area contributed by atoms with Crippen LogP contribution in [0.5, 0.6) is 0 Å². The Morgan fingerprint density at radius 1 is 1.50 bits per heavy atom. The lowest BCUT2D eigenvalue weighted by molar-refractivity contribution is -0.385. The van der Waals surface area contributed by atoms with Gasteiger partial charge in [0.15, 0.2) is 0 Å². The van der Waals surface area contributed by atoms with Gasteiger partial charge in [-0.15, -0.1) is 13.2 Å². The van der Waals surface area contributed by atoms with Crippen molar-refractivity contribution >= 4 is 17.3 Å². The third-order valence-electron chi connectivity index (χ3n) is 0.901. The lowest BCUT2D eigenvalue weighted by atomic mass is 10.4. The van der Waals surface area contributed by atoms with Crippen molar-refractivity contribution in [1.29, 1.82) is 0 Å². The zero-order valence-electron chi connectivity index (χ0n) is 6.24. The van der Waals surface area contributed by atoms with Crippen molar-refractivity contribution in [3.8, 4) is 0 Å². The van der Waals surface area contributed by atoms with Gasteiger partial charge < -0.3 is 0 Å². The van der Waals surface area contributed by atoms with Crippen LogP contribution in [-0.2, 0) is 0 Å². The van der Waals surface area contributed by atoms with Crippen LogP contribution < -0.4 is 0 Å². The maximum Gasteiger partial charge on any atom is 0.289 e. The molecule has 4 nitrogen and oxygen atoms in total. The third-order valence-corrected chi connectivity index (χ3v) is 1.11. The number of nitrogens with zero attached hydrogens (tertiary/aromatic N) is 2. The van der Waals surface area contributed by atoms with Gasteiger partial charge in [-0.3, -0.25) is 15.1 Å². The number of aromatic nitrogens is 1. The Morgan fingerprint density at radius 2 is 2.08 bits per heavy atom. The van der Waals surface area contributed by atoms with Gasteiger partial charge in [-0.25, -0.2) is 0 Å². The van der Waals surface area contributed by atoms with Crippen LogP contribution >= 0.6 is 11.6 Å². The predicted octanol–water partition coefficient (Wildman–Crippen LogP) is 2.45. The zero-order valence-corrected chi connectivity index (χ0v) is 6.99. The molecule has 0 aromatic carbocycles.